The minimum atomic E-state index is -3.42. The van der Waals surface area contributed by atoms with Crippen molar-refractivity contribution in [2.75, 3.05) is 6.26 Å². The Balaban J connectivity index is 2.95. The van der Waals surface area contributed by atoms with Gasteiger partial charge in [-0.15, -0.1) is 0 Å². The summed E-state index contributed by atoms with van der Waals surface area (Å²) < 4.78 is 38.0. The third-order valence-corrected chi connectivity index (χ3v) is 4.93. The quantitative estimate of drug-likeness (QED) is 0.744. The van der Waals surface area contributed by atoms with Crippen molar-refractivity contribution in [1.29, 1.82) is 0 Å². The molecule has 17 heavy (non-hydrogen) atoms. The van der Waals surface area contributed by atoms with Gasteiger partial charge in [0.05, 0.1) is 0 Å². The van der Waals surface area contributed by atoms with Crippen molar-refractivity contribution in [3.8, 4) is 0 Å². The van der Waals surface area contributed by atoms with E-state index in [0.717, 1.165) is 10.6 Å². The molecule has 0 saturated heterocycles. The van der Waals surface area contributed by atoms with Gasteiger partial charge in [-0.1, -0.05) is 0 Å². The van der Waals surface area contributed by atoms with Crippen LogP contribution in [0.15, 0.2) is 24.3 Å². The van der Waals surface area contributed by atoms with Gasteiger partial charge in [-0.3, -0.25) is 0 Å². The molecule has 1 rings (SSSR count). The molecule has 0 bridgehead atoms. The second-order valence-corrected chi connectivity index (χ2v) is 10.8. The predicted octanol–water partition coefficient (Wildman–Crippen LogP) is 2.27. The fraction of sp³-hybridized carbons (Fsp3) is 0.222. The number of rotatable bonds is 4. The summed E-state index contributed by atoms with van der Waals surface area (Å²) in [4.78, 5) is 0. The van der Waals surface area contributed by atoms with Crippen LogP contribution in [-0.4, -0.2) is 23.7 Å². The number of sulfonamides is 1. The molecule has 0 aliphatic rings. The first-order chi connectivity index (χ1) is 7.79. The molecule has 0 aliphatic heterocycles. The van der Waals surface area contributed by atoms with Gasteiger partial charge in [-0.05, 0) is 0 Å². The molecule has 0 N–H and O–H groups in total. The van der Waals surface area contributed by atoms with Crippen LogP contribution in [0.1, 0.15) is 5.56 Å². The van der Waals surface area contributed by atoms with E-state index in [-0.39, 0.29) is 12.4 Å². The van der Waals surface area contributed by atoms with Crippen molar-refractivity contribution in [3.63, 3.8) is 0 Å². The molecule has 0 aromatic heterocycles. The van der Waals surface area contributed by atoms with Crippen LogP contribution in [-0.2, 0) is 30.1 Å². The molecule has 0 saturated carbocycles. The summed E-state index contributed by atoms with van der Waals surface area (Å²) in [7, 11) is 7.90. The summed E-state index contributed by atoms with van der Waals surface area (Å²) in [6.45, 7) is 0.100. The van der Waals surface area contributed by atoms with Gasteiger partial charge in [0.15, 0.2) is 0 Å². The summed E-state index contributed by atoms with van der Waals surface area (Å²) in [6, 6.07) is 5.57. The Morgan fingerprint density at radius 1 is 1.35 bits per heavy atom. The van der Waals surface area contributed by atoms with Gasteiger partial charge in [0.25, 0.3) is 0 Å². The van der Waals surface area contributed by atoms with Gasteiger partial charge >= 0.3 is 113 Å². The van der Waals surface area contributed by atoms with E-state index in [1.807, 2.05) is 0 Å². The Morgan fingerprint density at radius 3 is 2.29 bits per heavy atom. The first-order valence-electron chi connectivity index (χ1n) is 4.33. The number of hydrogen-bond donors (Lipinski definition) is 0. The van der Waals surface area contributed by atoms with E-state index >= 15 is 0 Å². The van der Waals surface area contributed by atoms with Crippen LogP contribution < -0.4 is 0 Å². The Labute approximate surface area is 113 Å². The second kappa shape index (κ2) is 6.34. The standard InChI is InChI=1S/C9H10FNO2S.2ClH.Ru/c1-11(14(2,12)13)7-8-3-5-9(10)6-4-8;;;/h1,3-6H,7H2,2H3;2*1H;/q;;;+2/p-2. The molecule has 1 aromatic carbocycles. The van der Waals surface area contributed by atoms with Crippen LogP contribution in [0.3, 0.4) is 0 Å². The average Bonchev–Trinajstić information content (AvgIpc) is 2.18. The van der Waals surface area contributed by atoms with Crippen molar-refractivity contribution < 1.29 is 26.3 Å². The molecule has 0 spiro atoms. The van der Waals surface area contributed by atoms with Crippen molar-refractivity contribution in [3.05, 3.63) is 35.6 Å². The van der Waals surface area contributed by atoms with Crippen molar-refractivity contribution >= 4 is 34.1 Å². The Hall–Kier alpha value is 0.133. The van der Waals surface area contributed by atoms with Crippen LogP contribution in [0, 0.1) is 5.82 Å². The monoisotopic (exact) mass is 387 g/mol. The number of nitrogens with zero attached hydrogens (tertiary/aromatic N) is 1. The number of benzene rings is 1. The third kappa shape index (κ3) is 5.53. The Bertz CT molecular complexity index is 514. The van der Waals surface area contributed by atoms with Crippen molar-refractivity contribution in [2.24, 2.45) is 0 Å². The number of hydrogen-bond acceptors (Lipinski definition) is 2. The fourth-order valence-electron chi connectivity index (χ4n) is 1.06. The van der Waals surface area contributed by atoms with Crippen LogP contribution >= 0.6 is 19.4 Å². The molecule has 8 heteroatoms. The Morgan fingerprint density at radius 2 is 1.88 bits per heavy atom. The molecule has 98 valence electrons. The number of halogens is 3. The second-order valence-electron chi connectivity index (χ2n) is 3.23. The van der Waals surface area contributed by atoms with Gasteiger partial charge < -0.3 is 0 Å². The first kappa shape index (κ1) is 15.2. The Kier molecular flexibility index (Phi) is 5.67. The topological polar surface area (TPSA) is 37.4 Å². The average molecular weight is 387 g/mol. The van der Waals surface area contributed by atoms with E-state index in [0.29, 0.717) is 5.56 Å². The zero-order chi connectivity index (χ0) is 13.1. The summed E-state index contributed by atoms with van der Waals surface area (Å²) in [5.41, 5.74) is 0.664. The van der Waals surface area contributed by atoms with Gasteiger partial charge in [-0.2, -0.15) is 0 Å². The van der Waals surface area contributed by atoms with Gasteiger partial charge in [0, 0.05) is 0 Å². The molecule has 1 aromatic rings. The summed E-state index contributed by atoms with van der Waals surface area (Å²) >= 11 is -2.23. The summed E-state index contributed by atoms with van der Waals surface area (Å²) in [6.07, 6.45) is 1.07. The van der Waals surface area contributed by atoms with Crippen LogP contribution in [0.4, 0.5) is 4.39 Å². The maximum absolute atomic E-state index is 12.7. The normalized spacial score (nSPS) is 12.6. The van der Waals surface area contributed by atoms with Crippen LogP contribution in [0.25, 0.3) is 0 Å². The fourth-order valence-corrected chi connectivity index (χ4v) is 5.03. The molecular weight excluding hydrogens is 377 g/mol. The molecule has 0 amide bonds. The minimum absolute atomic E-state index is 0.100. The van der Waals surface area contributed by atoms with Crippen LogP contribution in [0.2, 0.25) is 0 Å². The molecule has 0 unspecified atom stereocenters. The molecule has 3 nitrogen and oxygen atoms in total. The zero-order valence-corrected chi connectivity index (χ0v) is 12.8. The predicted molar refractivity (Wildman–Crippen MR) is 64.6 cm³/mol. The summed E-state index contributed by atoms with van der Waals surface area (Å²) in [5.74, 6) is -0.370. The molecule has 0 fully saturated rings. The SMILES string of the molecule is CS(=O)(=O)N([CH]=[Ru]([Cl])[Cl])Cc1ccc(F)cc1. The third-order valence-electron chi connectivity index (χ3n) is 1.85. The molecule has 0 atom stereocenters. The van der Waals surface area contributed by atoms with Crippen LogP contribution in [0.5, 0.6) is 0 Å². The van der Waals surface area contributed by atoms with Crippen molar-refractivity contribution in [2.45, 2.75) is 6.54 Å². The van der Waals surface area contributed by atoms with Crippen molar-refractivity contribution in [1.82, 2.24) is 4.31 Å². The maximum atomic E-state index is 12.7. The molecule has 0 radical (unpaired) electrons. The first-order valence-corrected chi connectivity index (χ1v) is 11.7. The summed E-state index contributed by atoms with van der Waals surface area (Å²) in [5, 5.41) is 0. The van der Waals surface area contributed by atoms with E-state index in [1.165, 1.54) is 29.0 Å². The molecule has 0 heterocycles. The zero-order valence-electron chi connectivity index (χ0n) is 8.75. The van der Waals surface area contributed by atoms with E-state index in [9.17, 15) is 12.8 Å². The van der Waals surface area contributed by atoms with E-state index in [2.05, 4.69) is 0 Å². The van der Waals surface area contributed by atoms with E-state index in [4.69, 9.17) is 19.4 Å². The van der Waals surface area contributed by atoms with Gasteiger partial charge in [0.2, 0.25) is 0 Å². The van der Waals surface area contributed by atoms with E-state index < -0.39 is 23.5 Å². The van der Waals surface area contributed by atoms with Gasteiger partial charge in [0.1, 0.15) is 0 Å². The van der Waals surface area contributed by atoms with Gasteiger partial charge in [-0.25, -0.2) is 0 Å². The molecular formula is C9H10Cl2FNO2RuS. The molecule has 0 aliphatic carbocycles. The van der Waals surface area contributed by atoms with E-state index in [1.54, 1.807) is 0 Å².